The van der Waals surface area contributed by atoms with E-state index < -0.39 is 5.97 Å². The van der Waals surface area contributed by atoms with E-state index in [2.05, 4.69) is 10.6 Å². The molecule has 0 fully saturated rings. The second kappa shape index (κ2) is 8.19. The molecule has 0 heterocycles. The van der Waals surface area contributed by atoms with Crippen LogP contribution in [0.15, 0.2) is 48.5 Å². The van der Waals surface area contributed by atoms with Gasteiger partial charge in [-0.1, -0.05) is 23.7 Å². The van der Waals surface area contributed by atoms with Gasteiger partial charge in [0.1, 0.15) is 0 Å². The van der Waals surface area contributed by atoms with E-state index in [0.29, 0.717) is 28.5 Å². The van der Waals surface area contributed by atoms with Crippen LogP contribution in [0.25, 0.3) is 0 Å². The summed E-state index contributed by atoms with van der Waals surface area (Å²) in [6, 6.07) is 13.9. The molecule has 0 aliphatic heterocycles. The maximum absolute atomic E-state index is 11.9. The van der Waals surface area contributed by atoms with Gasteiger partial charge >= 0.3 is 5.97 Å². The predicted molar refractivity (Wildman–Crippen MR) is 91.0 cm³/mol. The van der Waals surface area contributed by atoms with Crippen LogP contribution in [0.3, 0.4) is 0 Å². The molecule has 6 heteroatoms. The first-order valence-electron chi connectivity index (χ1n) is 7.07. The molecule has 0 aliphatic carbocycles. The zero-order valence-electron chi connectivity index (χ0n) is 12.6. The largest absolute Gasteiger partial charge is 0.465 e. The lowest BCUT2D eigenvalue weighted by molar-refractivity contribution is -0.115. The third-order valence-electron chi connectivity index (χ3n) is 3.13. The van der Waals surface area contributed by atoms with Crippen molar-refractivity contribution in [2.45, 2.75) is 6.42 Å². The van der Waals surface area contributed by atoms with Crippen molar-refractivity contribution >= 4 is 34.9 Å². The fraction of sp³-hybridized carbons (Fsp3) is 0.176. The summed E-state index contributed by atoms with van der Waals surface area (Å²) in [4.78, 5) is 23.5. The molecule has 0 bridgehead atoms. The summed E-state index contributed by atoms with van der Waals surface area (Å²) in [6.45, 7) is 0.396. The number of methoxy groups -OCH3 is 1. The van der Waals surface area contributed by atoms with E-state index in [0.717, 1.165) is 0 Å². The average Bonchev–Trinajstić information content (AvgIpc) is 2.57. The Morgan fingerprint density at radius 3 is 2.48 bits per heavy atom. The maximum atomic E-state index is 11.9. The van der Waals surface area contributed by atoms with Gasteiger partial charge in [-0.05, 0) is 36.4 Å². The second-order valence-electron chi connectivity index (χ2n) is 4.77. The number of benzene rings is 2. The Morgan fingerprint density at radius 2 is 1.78 bits per heavy atom. The van der Waals surface area contributed by atoms with Gasteiger partial charge in [0.2, 0.25) is 5.91 Å². The van der Waals surface area contributed by atoms with Gasteiger partial charge in [-0.15, -0.1) is 0 Å². The zero-order chi connectivity index (χ0) is 16.7. The molecule has 2 aromatic carbocycles. The molecule has 120 valence electrons. The molecule has 5 nitrogen and oxygen atoms in total. The molecule has 0 radical (unpaired) electrons. The maximum Gasteiger partial charge on any atom is 0.339 e. The van der Waals surface area contributed by atoms with Crippen LogP contribution in [0, 0.1) is 0 Å². The normalized spacial score (nSPS) is 10.0. The molecule has 0 unspecified atom stereocenters. The SMILES string of the molecule is COC(=O)c1ccccc1NCCC(=O)Nc1ccc(Cl)cc1. The third kappa shape index (κ3) is 5.00. The molecule has 2 rings (SSSR count). The molecule has 0 saturated carbocycles. The van der Waals surface area contributed by atoms with Crippen LogP contribution in [0.1, 0.15) is 16.8 Å². The minimum atomic E-state index is -0.418. The van der Waals surface area contributed by atoms with E-state index >= 15 is 0 Å². The van der Waals surface area contributed by atoms with Crippen molar-refractivity contribution in [3.8, 4) is 0 Å². The first-order chi connectivity index (χ1) is 11.1. The van der Waals surface area contributed by atoms with Crippen molar-refractivity contribution < 1.29 is 14.3 Å². The van der Waals surface area contributed by atoms with Gasteiger partial charge in [0, 0.05) is 29.4 Å². The number of nitrogens with one attached hydrogen (secondary N) is 2. The van der Waals surface area contributed by atoms with E-state index in [1.165, 1.54) is 7.11 Å². The highest BCUT2D eigenvalue weighted by Crippen LogP contribution is 2.16. The standard InChI is InChI=1S/C17H17ClN2O3/c1-23-17(22)14-4-2-3-5-15(14)19-11-10-16(21)20-13-8-6-12(18)7-9-13/h2-9,19H,10-11H2,1H3,(H,20,21). The number of hydrogen-bond acceptors (Lipinski definition) is 4. The van der Waals surface area contributed by atoms with Gasteiger partial charge in [0.25, 0.3) is 0 Å². The van der Waals surface area contributed by atoms with Crippen LogP contribution < -0.4 is 10.6 Å². The molecule has 0 aromatic heterocycles. The van der Waals surface area contributed by atoms with Crippen molar-refractivity contribution in [1.82, 2.24) is 0 Å². The number of amides is 1. The van der Waals surface area contributed by atoms with Crippen LogP contribution in [-0.4, -0.2) is 25.5 Å². The Labute approximate surface area is 139 Å². The molecule has 0 saturated heterocycles. The van der Waals surface area contributed by atoms with Crippen molar-refractivity contribution in [3.63, 3.8) is 0 Å². The lowest BCUT2D eigenvalue weighted by atomic mass is 10.2. The van der Waals surface area contributed by atoms with E-state index in [-0.39, 0.29) is 12.3 Å². The molecule has 0 spiro atoms. The Kier molecular flexibility index (Phi) is 6.00. The Bertz CT molecular complexity index is 686. The fourth-order valence-corrected chi connectivity index (χ4v) is 2.12. The Morgan fingerprint density at radius 1 is 1.09 bits per heavy atom. The molecule has 0 aliphatic rings. The Hall–Kier alpha value is -2.53. The first kappa shape index (κ1) is 16.8. The summed E-state index contributed by atoms with van der Waals surface area (Å²) < 4.78 is 4.72. The van der Waals surface area contributed by atoms with Crippen LogP contribution >= 0.6 is 11.6 Å². The van der Waals surface area contributed by atoms with E-state index in [1.54, 1.807) is 42.5 Å². The van der Waals surface area contributed by atoms with Crippen molar-refractivity contribution in [2.24, 2.45) is 0 Å². The molecule has 1 amide bonds. The van der Waals surface area contributed by atoms with Crippen LogP contribution in [0.2, 0.25) is 5.02 Å². The minimum absolute atomic E-state index is 0.129. The van der Waals surface area contributed by atoms with Gasteiger partial charge in [-0.2, -0.15) is 0 Å². The summed E-state index contributed by atoms with van der Waals surface area (Å²) in [7, 11) is 1.33. The van der Waals surface area contributed by atoms with Gasteiger partial charge in [0.15, 0.2) is 0 Å². The molecular weight excluding hydrogens is 316 g/mol. The number of anilines is 2. The number of para-hydroxylation sites is 1. The van der Waals surface area contributed by atoms with E-state index in [1.807, 2.05) is 6.07 Å². The topological polar surface area (TPSA) is 67.4 Å². The second-order valence-corrected chi connectivity index (χ2v) is 5.21. The zero-order valence-corrected chi connectivity index (χ0v) is 13.4. The van der Waals surface area contributed by atoms with Crippen molar-refractivity contribution in [3.05, 3.63) is 59.1 Å². The van der Waals surface area contributed by atoms with Crippen LogP contribution in [-0.2, 0) is 9.53 Å². The summed E-state index contributed by atoms with van der Waals surface area (Å²) in [6.07, 6.45) is 0.262. The van der Waals surface area contributed by atoms with Gasteiger partial charge in [-0.25, -0.2) is 4.79 Å². The molecular formula is C17H17ClN2O3. The summed E-state index contributed by atoms with van der Waals surface area (Å²) in [5.74, 6) is -0.547. The van der Waals surface area contributed by atoms with E-state index in [4.69, 9.17) is 16.3 Å². The lowest BCUT2D eigenvalue weighted by Crippen LogP contribution is -2.17. The smallest absolute Gasteiger partial charge is 0.339 e. The van der Waals surface area contributed by atoms with Gasteiger partial charge < -0.3 is 15.4 Å². The highest BCUT2D eigenvalue weighted by atomic mass is 35.5. The number of carbonyl (C=O) groups excluding carboxylic acids is 2. The van der Waals surface area contributed by atoms with Crippen LogP contribution in [0.5, 0.6) is 0 Å². The highest BCUT2D eigenvalue weighted by molar-refractivity contribution is 6.30. The van der Waals surface area contributed by atoms with E-state index in [9.17, 15) is 9.59 Å². The lowest BCUT2D eigenvalue weighted by Gasteiger charge is -2.10. The number of ether oxygens (including phenoxy) is 1. The summed E-state index contributed by atoms with van der Waals surface area (Å²) in [5, 5.41) is 6.46. The third-order valence-corrected chi connectivity index (χ3v) is 3.38. The quantitative estimate of drug-likeness (QED) is 0.794. The number of esters is 1. The molecule has 23 heavy (non-hydrogen) atoms. The van der Waals surface area contributed by atoms with Crippen LogP contribution in [0.4, 0.5) is 11.4 Å². The average molecular weight is 333 g/mol. The highest BCUT2D eigenvalue weighted by Gasteiger charge is 2.11. The first-order valence-corrected chi connectivity index (χ1v) is 7.44. The monoisotopic (exact) mass is 332 g/mol. The Balaban J connectivity index is 1.86. The fourth-order valence-electron chi connectivity index (χ4n) is 1.99. The van der Waals surface area contributed by atoms with Gasteiger partial charge in [0.05, 0.1) is 12.7 Å². The molecule has 0 atom stereocenters. The summed E-state index contributed by atoms with van der Waals surface area (Å²) in [5.41, 5.74) is 1.76. The minimum Gasteiger partial charge on any atom is -0.465 e. The number of hydrogen-bond donors (Lipinski definition) is 2. The number of halogens is 1. The summed E-state index contributed by atoms with van der Waals surface area (Å²) >= 11 is 5.79. The van der Waals surface area contributed by atoms with Crippen molar-refractivity contribution in [1.29, 1.82) is 0 Å². The number of carbonyl (C=O) groups is 2. The predicted octanol–water partition coefficient (Wildman–Crippen LogP) is 3.57. The van der Waals surface area contributed by atoms with Gasteiger partial charge in [-0.3, -0.25) is 4.79 Å². The molecule has 2 aromatic rings. The molecule has 2 N–H and O–H groups in total. The van der Waals surface area contributed by atoms with Crippen molar-refractivity contribution in [2.75, 3.05) is 24.3 Å². The number of rotatable bonds is 6.